The Morgan fingerprint density at radius 3 is 2.50 bits per heavy atom. The number of benzene rings is 2. The van der Waals surface area contributed by atoms with Crippen LogP contribution in [0.25, 0.3) is 0 Å². The van der Waals surface area contributed by atoms with Crippen molar-refractivity contribution in [2.45, 2.75) is 27.3 Å². The van der Waals surface area contributed by atoms with Crippen LogP contribution in [0.5, 0.6) is 11.5 Å². The zero-order valence-corrected chi connectivity index (χ0v) is 12.9. The summed E-state index contributed by atoms with van der Waals surface area (Å²) in [6, 6.07) is 11.9. The van der Waals surface area contributed by atoms with Crippen molar-refractivity contribution in [3.8, 4) is 11.5 Å². The number of hydrogen-bond acceptors (Lipinski definition) is 2. The van der Waals surface area contributed by atoms with Gasteiger partial charge in [-0.25, -0.2) is 0 Å². The van der Waals surface area contributed by atoms with E-state index in [2.05, 4.69) is 31.3 Å². The molecular weight excluding hydrogens is 270 g/mol. The first kappa shape index (κ1) is 14.9. The van der Waals surface area contributed by atoms with Crippen molar-refractivity contribution in [1.82, 2.24) is 5.32 Å². The summed E-state index contributed by atoms with van der Waals surface area (Å²) < 4.78 is 6.05. The summed E-state index contributed by atoms with van der Waals surface area (Å²) in [5.41, 5.74) is 3.44. The largest absolute Gasteiger partial charge is 0.457 e. The molecule has 2 aromatic rings. The lowest BCUT2D eigenvalue weighted by molar-refractivity contribution is 0.469. The van der Waals surface area contributed by atoms with Crippen molar-refractivity contribution in [2.75, 3.05) is 6.54 Å². The first-order valence-electron chi connectivity index (χ1n) is 6.84. The second-order valence-electron chi connectivity index (χ2n) is 4.90. The molecule has 2 aromatic carbocycles. The molecule has 106 valence electrons. The Labute approximate surface area is 125 Å². The molecule has 0 saturated carbocycles. The van der Waals surface area contributed by atoms with Gasteiger partial charge in [0.1, 0.15) is 11.5 Å². The van der Waals surface area contributed by atoms with Crippen LogP contribution in [-0.4, -0.2) is 6.54 Å². The van der Waals surface area contributed by atoms with Crippen LogP contribution in [0.4, 0.5) is 0 Å². The van der Waals surface area contributed by atoms with Gasteiger partial charge in [0.05, 0.1) is 0 Å². The second-order valence-corrected chi connectivity index (χ2v) is 5.34. The predicted molar refractivity (Wildman–Crippen MR) is 84.8 cm³/mol. The molecule has 0 unspecified atom stereocenters. The fourth-order valence-corrected chi connectivity index (χ4v) is 2.28. The Morgan fingerprint density at radius 1 is 1.05 bits per heavy atom. The van der Waals surface area contributed by atoms with Gasteiger partial charge >= 0.3 is 0 Å². The molecule has 2 rings (SSSR count). The van der Waals surface area contributed by atoms with Gasteiger partial charge < -0.3 is 10.1 Å². The predicted octanol–water partition coefficient (Wildman–Crippen LogP) is 4.86. The highest BCUT2D eigenvalue weighted by Gasteiger charge is 2.07. The van der Waals surface area contributed by atoms with Crippen LogP contribution in [0.15, 0.2) is 36.4 Å². The minimum Gasteiger partial charge on any atom is -0.457 e. The summed E-state index contributed by atoms with van der Waals surface area (Å²) in [5.74, 6) is 1.73. The third-order valence-corrected chi connectivity index (χ3v) is 3.37. The lowest BCUT2D eigenvalue weighted by atomic mass is 10.1. The summed E-state index contributed by atoms with van der Waals surface area (Å²) in [7, 11) is 0. The number of nitrogens with one attached hydrogen (secondary N) is 1. The van der Waals surface area contributed by atoms with E-state index in [1.54, 1.807) is 0 Å². The molecule has 1 N–H and O–H groups in total. The maximum absolute atomic E-state index is 6.05. The molecule has 0 aliphatic rings. The average molecular weight is 290 g/mol. The average Bonchev–Trinajstić information content (AvgIpc) is 2.41. The van der Waals surface area contributed by atoms with E-state index in [1.807, 2.05) is 31.2 Å². The van der Waals surface area contributed by atoms with Crippen LogP contribution in [0.1, 0.15) is 23.6 Å². The minimum atomic E-state index is 0.728. The number of ether oxygens (including phenoxy) is 1. The first-order chi connectivity index (χ1) is 9.60. The van der Waals surface area contributed by atoms with Crippen LogP contribution in [-0.2, 0) is 6.54 Å². The van der Waals surface area contributed by atoms with Crippen molar-refractivity contribution < 1.29 is 4.74 Å². The molecular formula is C17H20ClNO. The van der Waals surface area contributed by atoms with Crippen LogP contribution in [0.3, 0.4) is 0 Å². The van der Waals surface area contributed by atoms with Gasteiger partial charge in [-0.15, -0.1) is 0 Å². The lowest BCUT2D eigenvalue weighted by Gasteiger charge is -2.14. The van der Waals surface area contributed by atoms with Gasteiger partial charge in [-0.05, 0) is 50.2 Å². The van der Waals surface area contributed by atoms with Crippen LogP contribution >= 0.6 is 11.6 Å². The van der Waals surface area contributed by atoms with Crippen LogP contribution in [0, 0.1) is 13.8 Å². The number of rotatable bonds is 5. The Bertz CT molecular complexity index is 596. The van der Waals surface area contributed by atoms with Crippen LogP contribution < -0.4 is 10.1 Å². The fraction of sp³-hybridized carbons (Fsp3) is 0.294. The molecule has 0 heterocycles. The van der Waals surface area contributed by atoms with E-state index in [0.29, 0.717) is 0 Å². The minimum absolute atomic E-state index is 0.728. The van der Waals surface area contributed by atoms with Gasteiger partial charge in [0.2, 0.25) is 0 Å². The molecule has 0 aliphatic carbocycles. The monoisotopic (exact) mass is 289 g/mol. The smallest absolute Gasteiger partial charge is 0.131 e. The molecule has 0 spiro atoms. The number of aryl methyl sites for hydroxylation is 2. The molecule has 2 nitrogen and oxygen atoms in total. The maximum Gasteiger partial charge on any atom is 0.131 e. The van der Waals surface area contributed by atoms with E-state index in [0.717, 1.165) is 35.2 Å². The van der Waals surface area contributed by atoms with E-state index in [1.165, 1.54) is 11.1 Å². The van der Waals surface area contributed by atoms with Gasteiger partial charge in [-0.2, -0.15) is 0 Å². The molecule has 0 aliphatic heterocycles. The zero-order valence-electron chi connectivity index (χ0n) is 12.2. The van der Waals surface area contributed by atoms with Crippen molar-refractivity contribution in [3.63, 3.8) is 0 Å². The van der Waals surface area contributed by atoms with E-state index in [4.69, 9.17) is 16.3 Å². The lowest BCUT2D eigenvalue weighted by Crippen LogP contribution is -2.12. The molecule has 0 amide bonds. The molecule has 20 heavy (non-hydrogen) atoms. The van der Waals surface area contributed by atoms with Gasteiger partial charge in [-0.1, -0.05) is 36.2 Å². The molecule has 0 radical (unpaired) electrons. The van der Waals surface area contributed by atoms with E-state index in [-0.39, 0.29) is 0 Å². The highest BCUT2D eigenvalue weighted by molar-refractivity contribution is 6.30. The second kappa shape index (κ2) is 6.78. The van der Waals surface area contributed by atoms with E-state index in [9.17, 15) is 0 Å². The van der Waals surface area contributed by atoms with Gasteiger partial charge in [0, 0.05) is 17.1 Å². The first-order valence-corrected chi connectivity index (χ1v) is 7.22. The topological polar surface area (TPSA) is 21.3 Å². The van der Waals surface area contributed by atoms with Crippen LogP contribution in [0.2, 0.25) is 5.02 Å². The highest BCUT2D eigenvalue weighted by Crippen LogP contribution is 2.30. The Hall–Kier alpha value is -1.51. The molecule has 0 bridgehead atoms. The highest BCUT2D eigenvalue weighted by atomic mass is 35.5. The summed E-state index contributed by atoms with van der Waals surface area (Å²) >= 11 is 5.97. The third kappa shape index (κ3) is 3.75. The van der Waals surface area contributed by atoms with Crippen molar-refractivity contribution in [2.24, 2.45) is 0 Å². The van der Waals surface area contributed by atoms with E-state index >= 15 is 0 Å². The van der Waals surface area contributed by atoms with Gasteiger partial charge in [0.15, 0.2) is 0 Å². The summed E-state index contributed by atoms with van der Waals surface area (Å²) in [4.78, 5) is 0. The Balaban J connectivity index is 2.27. The normalized spacial score (nSPS) is 10.6. The molecule has 3 heteroatoms. The summed E-state index contributed by atoms with van der Waals surface area (Å²) in [5, 5.41) is 4.07. The zero-order chi connectivity index (χ0) is 14.5. The number of hydrogen-bond donors (Lipinski definition) is 1. The van der Waals surface area contributed by atoms with Gasteiger partial charge in [-0.3, -0.25) is 0 Å². The number of halogens is 1. The quantitative estimate of drug-likeness (QED) is 0.849. The summed E-state index contributed by atoms with van der Waals surface area (Å²) in [6.07, 6.45) is 0. The Morgan fingerprint density at radius 2 is 1.80 bits per heavy atom. The molecule has 0 saturated heterocycles. The van der Waals surface area contributed by atoms with Crippen molar-refractivity contribution in [3.05, 3.63) is 58.1 Å². The molecule has 0 fully saturated rings. The van der Waals surface area contributed by atoms with Crippen molar-refractivity contribution in [1.29, 1.82) is 0 Å². The maximum atomic E-state index is 6.05. The standard InChI is InChI=1S/C17H20ClNO/c1-4-19-11-14-9-12(2)5-7-17(14)20-16-8-6-15(18)10-13(16)3/h5-10,19H,4,11H2,1-3H3. The van der Waals surface area contributed by atoms with Gasteiger partial charge in [0.25, 0.3) is 0 Å². The Kier molecular flexibility index (Phi) is 5.05. The molecule has 0 aromatic heterocycles. The SMILES string of the molecule is CCNCc1cc(C)ccc1Oc1ccc(Cl)cc1C. The fourth-order valence-electron chi connectivity index (χ4n) is 2.05. The summed E-state index contributed by atoms with van der Waals surface area (Å²) in [6.45, 7) is 7.93. The third-order valence-electron chi connectivity index (χ3n) is 3.14. The molecule has 0 atom stereocenters. The van der Waals surface area contributed by atoms with E-state index < -0.39 is 0 Å². The van der Waals surface area contributed by atoms with Crippen molar-refractivity contribution >= 4 is 11.6 Å².